The van der Waals surface area contributed by atoms with Crippen LogP contribution in [-0.2, 0) is 9.84 Å². The monoisotopic (exact) mass is 266 g/mol. The fraction of sp³-hybridized carbons (Fsp3) is 0.429. The maximum Gasteiger partial charge on any atom is 0.186 e. The van der Waals surface area contributed by atoms with E-state index >= 15 is 0 Å². The predicted molar refractivity (Wildman–Crippen MR) is 72.3 cm³/mol. The van der Waals surface area contributed by atoms with Crippen LogP contribution in [0.5, 0.6) is 5.75 Å². The van der Waals surface area contributed by atoms with Gasteiger partial charge in [-0.1, -0.05) is 18.1 Å². The Balaban J connectivity index is 3.20. The molecule has 0 N–H and O–H groups in total. The van der Waals surface area contributed by atoms with Crippen molar-refractivity contribution >= 4 is 9.84 Å². The van der Waals surface area contributed by atoms with Crippen LogP contribution in [0.25, 0.3) is 0 Å². The smallest absolute Gasteiger partial charge is 0.186 e. The summed E-state index contributed by atoms with van der Waals surface area (Å²) < 4.78 is 29.3. The van der Waals surface area contributed by atoms with Crippen LogP contribution in [0.4, 0.5) is 0 Å². The second-order valence-electron chi connectivity index (χ2n) is 4.78. The summed E-state index contributed by atoms with van der Waals surface area (Å²) in [5, 5.41) is 0. The van der Waals surface area contributed by atoms with Crippen molar-refractivity contribution in [1.29, 1.82) is 0 Å². The zero-order valence-electron chi connectivity index (χ0n) is 11.1. The Morgan fingerprint density at radius 2 is 1.83 bits per heavy atom. The third-order valence-electron chi connectivity index (χ3n) is 2.42. The minimum absolute atomic E-state index is 0.188. The van der Waals surface area contributed by atoms with Crippen molar-refractivity contribution < 1.29 is 13.2 Å². The molecule has 18 heavy (non-hydrogen) atoms. The van der Waals surface area contributed by atoms with Crippen molar-refractivity contribution in [2.75, 3.05) is 6.61 Å². The first-order valence-electron chi connectivity index (χ1n) is 5.67. The van der Waals surface area contributed by atoms with Gasteiger partial charge in [-0.05, 0) is 39.8 Å². The first-order valence-corrected chi connectivity index (χ1v) is 7.15. The van der Waals surface area contributed by atoms with Gasteiger partial charge in [-0.25, -0.2) is 8.42 Å². The SMILES string of the molecule is CC#CCOc1ccccc1S(=O)(=O)C(C)(C)C. The summed E-state index contributed by atoms with van der Waals surface area (Å²) in [5.41, 5.74) is 0. The molecule has 98 valence electrons. The van der Waals surface area contributed by atoms with Gasteiger partial charge in [0, 0.05) is 0 Å². The molecule has 0 aromatic heterocycles. The average Bonchev–Trinajstić information content (AvgIpc) is 2.28. The standard InChI is InChI=1S/C14H18O3S/c1-5-6-11-17-12-9-7-8-10-13(12)18(15,16)14(2,3)4/h7-10H,11H2,1-4H3. The summed E-state index contributed by atoms with van der Waals surface area (Å²) in [7, 11) is -3.42. The summed E-state index contributed by atoms with van der Waals surface area (Å²) in [6.07, 6.45) is 0. The molecule has 0 aliphatic heterocycles. The van der Waals surface area contributed by atoms with Gasteiger partial charge in [-0.15, -0.1) is 5.92 Å². The van der Waals surface area contributed by atoms with E-state index in [-0.39, 0.29) is 11.5 Å². The lowest BCUT2D eigenvalue weighted by Crippen LogP contribution is -2.28. The van der Waals surface area contributed by atoms with Gasteiger partial charge in [0.25, 0.3) is 0 Å². The molecule has 0 fully saturated rings. The highest BCUT2D eigenvalue weighted by Gasteiger charge is 2.33. The van der Waals surface area contributed by atoms with Gasteiger partial charge >= 0.3 is 0 Å². The van der Waals surface area contributed by atoms with Gasteiger partial charge < -0.3 is 4.74 Å². The third kappa shape index (κ3) is 3.05. The van der Waals surface area contributed by atoms with Crippen LogP contribution >= 0.6 is 0 Å². The largest absolute Gasteiger partial charge is 0.480 e. The van der Waals surface area contributed by atoms with E-state index in [2.05, 4.69) is 11.8 Å². The van der Waals surface area contributed by atoms with Gasteiger partial charge in [0.1, 0.15) is 17.3 Å². The van der Waals surface area contributed by atoms with Crippen LogP contribution in [-0.4, -0.2) is 19.8 Å². The van der Waals surface area contributed by atoms with E-state index in [1.54, 1.807) is 52.0 Å². The molecular formula is C14H18O3S. The summed E-state index contributed by atoms with van der Waals surface area (Å²) in [4.78, 5) is 0.218. The fourth-order valence-corrected chi connectivity index (χ4v) is 2.62. The molecule has 0 unspecified atom stereocenters. The normalized spacial score (nSPS) is 11.6. The van der Waals surface area contributed by atoms with E-state index < -0.39 is 14.6 Å². The van der Waals surface area contributed by atoms with Gasteiger partial charge in [0.2, 0.25) is 0 Å². The lowest BCUT2D eigenvalue weighted by molar-refractivity contribution is 0.359. The number of para-hydroxylation sites is 1. The third-order valence-corrected chi connectivity index (χ3v) is 4.95. The zero-order chi connectivity index (χ0) is 13.8. The number of benzene rings is 1. The van der Waals surface area contributed by atoms with Crippen LogP contribution < -0.4 is 4.74 Å². The molecule has 0 atom stereocenters. The molecule has 0 bridgehead atoms. The highest BCUT2D eigenvalue weighted by molar-refractivity contribution is 7.92. The Morgan fingerprint density at radius 1 is 1.22 bits per heavy atom. The highest BCUT2D eigenvalue weighted by Crippen LogP contribution is 2.31. The Hall–Kier alpha value is -1.47. The predicted octanol–water partition coefficient (Wildman–Crippen LogP) is 2.66. The highest BCUT2D eigenvalue weighted by atomic mass is 32.2. The van der Waals surface area contributed by atoms with Crippen molar-refractivity contribution in [3.8, 4) is 17.6 Å². The lowest BCUT2D eigenvalue weighted by atomic mass is 10.3. The topological polar surface area (TPSA) is 43.4 Å². The van der Waals surface area contributed by atoms with E-state index in [9.17, 15) is 8.42 Å². The number of hydrogen-bond acceptors (Lipinski definition) is 3. The molecule has 0 saturated heterocycles. The van der Waals surface area contributed by atoms with E-state index in [1.165, 1.54) is 0 Å². The van der Waals surface area contributed by atoms with Crippen molar-refractivity contribution in [2.45, 2.75) is 37.3 Å². The summed E-state index contributed by atoms with van der Waals surface area (Å²) >= 11 is 0. The van der Waals surface area contributed by atoms with E-state index in [1.807, 2.05) is 0 Å². The molecule has 0 aliphatic rings. The molecule has 0 heterocycles. The maximum absolute atomic E-state index is 12.4. The van der Waals surface area contributed by atoms with Gasteiger partial charge in [0.15, 0.2) is 9.84 Å². The second kappa shape index (κ2) is 5.45. The molecule has 0 amide bonds. The molecule has 1 aromatic carbocycles. The van der Waals surface area contributed by atoms with Crippen molar-refractivity contribution in [2.24, 2.45) is 0 Å². The molecule has 0 saturated carbocycles. The first kappa shape index (κ1) is 14.6. The van der Waals surface area contributed by atoms with Gasteiger partial charge in [-0.2, -0.15) is 0 Å². The van der Waals surface area contributed by atoms with Crippen molar-refractivity contribution in [1.82, 2.24) is 0 Å². The van der Waals surface area contributed by atoms with E-state index in [0.29, 0.717) is 5.75 Å². The molecule has 0 radical (unpaired) electrons. The van der Waals surface area contributed by atoms with Crippen LogP contribution in [0, 0.1) is 11.8 Å². The Morgan fingerprint density at radius 3 is 2.39 bits per heavy atom. The van der Waals surface area contributed by atoms with E-state index in [0.717, 1.165) is 0 Å². The number of sulfone groups is 1. The average molecular weight is 266 g/mol. The van der Waals surface area contributed by atoms with Crippen LogP contribution in [0.1, 0.15) is 27.7 Å². The summed E-state index contributed by atoms with van der Waals surface area (Å²) in [5.74, 6) is 5.81. The molecule has 3 nitrogen and oxygen atoms in total. The number of rotatable bonds is 3. The Bertz CT molecular complexity index is 569. The minimum Gasteiger partial charge on any atom is -0.480 e. The van der Waals surface area contributed by atoms with Gasteiger partial charge in [-0.3, -0.25) is 0 Å². The lowest BCUT2D eigenvalue weighted by Gasteiger charge is -2.21. The molecule has 0 aliphatic carbocycles. The van der Waals surface area contributed by atoms with Crippen LogP contribution in [0.2, 0.25) is 0 Å². The maximum atomic E-state index is 12.4. The summed E-state index contributed by atoms with van der Waals surface area (Å²) in [6, 6.07) is 6.65. The zero-order valence-corrected chi connectivity index (χ0v) is 12.0. The molecule has 0 spiro atoms. The van der Waals surface area contributed by atoms with Crippen LogP contribution in [0.3, 0.4) is 0 Å². The minimum atomic E-state index is -3.42. The molecule has 1 aromatic rings. The Labute approximate surface area is 109 Å². The fourth-order valence-electron chi connectivity index (χ4n) is 1.31. The van der Waals surface area contributed by atoms with E-state index in [4.69, 9.17) is 4.74 Å². The Kier molecular flexibility index (Phi) is 4.42. The van der Waals surface area contributed by atoms with Gasteiger partial charge in [0.05, 0.1) is 4.75 Å². The molecule has 4 heteroatoms. The van der Waals surface area contributed by atoms with Crippen molar-refractivity contribution in [3.63, 3.8) is 0 Å². The second-order valence-corrected chi connectivity index (χ2v) is 7.45. The number of hydrogen-bond donors (Lipinski definition) is 0. The first-order chi connectivity index (χ1) is 8.30. The molecule has 1 rings (SSSR count). The quantitative estimate of drug-likeness (QED) is 0.790. The molecular weight excluding hydrogens is 248 g/mol. The van der Waals surface area contributed by atoms with Crippen LogP contribution in [0.15, 0.2) is 29.2 Å². The summed E-state index contributed by atoms with van der Waals surface area (Å²) in [6.45, 7) is 6.91. The number of ether oxygens (including phenoxy) is 1. The van der Waals surface area contributed by atoms with Crippen molar-refractivity contribution in [3.05, 3.63) is 24.3 Å².